The van der Waals surface area contributed by atoms with Gasteiger partial charge in [-0.1, -0.05) is 20.3 Å². The number of ether oxygens (including phenoxy) is 1. The van der Waals surface area contributed by atoms with Crippen molar-refractivity contribution >= 4 is 11.9 Å². The van der Waals surface area contributed by atoms with Gasteiger partial charge in [0.15, 0.2) is 0 Å². The van der Waals surface area contributed by atoms with Crippen molar-refractivity contribution in [2.24, 2.45) is 5.92 Å². The van der Waals surface area contributed by atoms with Crippen LogP contribution in [0.4, 0.5) is 0 Å². The molecule has 0 aromatic rings. The predicted octanol–water partition coefficient (Wildman–Crippen LogP) is 0.710. The molecule has 13 heavy (non-hydrogen) atoms. The van der Waals surface area contributed by atoms with E-state index in [2.05, 4.69) is 10.1 Å². The van der Waals surface area contributed by atoms with E-state index in [0.29, 0.717) is 0 Å². The quantitative estimate of drug-likeness (QED) is 0.659. The van der Waals surface area contributed by atoms with E-state index in [1.165, 1.54) is 14.0 Å². The van der Waals surface area contributed by atoms with E-state index in [1.54, 1.807) is 0 Å². The summed E-state index contributed by atoms with van der Waals surface area (Å²) < 4.78 is 4.58. The highest BCUT2D eigenvalue weighted by molar-refractivity contribution is 5.83. The number of amides is 1. The number of hydrogen-bond acceptors (Lipinski definition) is 3. The lowest BCUT2D eigenvalue weighted by Gasteiger charge is -2.20. The highest BCUT2D eigenvalue weighted by Gasteiger charge is 2.25. The average Bonchev–Trinajstić information content (AvgIpc) is 2.11. The highest BCUT2D eigenvalue weighted by atomic mass is 16.5. The highest BCUT2D eigenvalue weighted by Crippen LogP contribution is 2.08. The average molecular weight is 187 g/mol. The molecule has 0 aromatic carbocycles. The van der Waals surface area contributed by atoms with Crippen LogP contribution in [0.2, 0.25) is 0 Å². The Morgan fingerprint density at radius 1 is 1.46 bits per heavy atom. The zero-order valence-corrected chi connectivity index (χ0v) is 8.59. The van der Waals surface area contributed by atoms with Crippen LogP contribution in [0.25, 0.3) is 0 Å². The minimum Gasteiger partial charge on any atom is -0.467 e. The van der Waals surface area contributed by atoms with Crippen molar-refractivity contribution in [1.82, 2.24) is 5.32 Å². The van der Waals surface area contributed by atoms with E-state index >= 15 is 0 Å². The van der Waals surface area contributed by atoms with Gasteiger partial charge in [0, 0.05) is 6.92 Å². The second kappa shape index (κ2) is 5.56. The fourth-order valence-electron chi connectivity index (χ4n) is 1.02. The normalized spacial score (nSPS) is 14.5. The molecular weight excluding hydrogens is 170 g/mol. The van der Waals surface area contributed by atoms with Gasteiger partial charge in [-0.2, -0.15) is 0 Å². The van der Waals surface area contributed by atoms with Crippen molar-refractivity contribution in [3.63, 3.8) is 0 Å². The monoisotopic (exact) mass is 187 g/mol. The topological polar surface area (TPSA) is 55.4 Å². The summed E-state index contributed by atoms with van der Waals surface area (Å²) >= 11 is 0. The van der Waals surface area contributed by atoms with Crippen molar-refractivity contribution < 1.29 is 14.3 Å². The van der Waals surface area contributed by atoms with E-state index in [0.717, 1.165) is 6.42 Å². The summed E-state index contributed by atoms with van der Waals surface area (Å²) in [6.07, 6.45) is 0.819. The van der Waals surface area contributed by atoms with E-state index < -0.39 is 6.04 Å². The summed E-state index contributed by atoms with van der Waals surface area (Å²) in [6, 6.07) is -0.521. The van der Waals surface area contributed by atoms with Crippen LogP contribution in [0.15, 0.2) is 0 Å². The first-order valence-electron chi connectivity index (χ1n) is 4.37. The minimum atomic E-state index is -0.521. The number of carbonyl (C=O) groups excluding carboxylic acids is 2. The third-order valence-corrected chi connectivity index (χ3v) is 2.03. The first-order chi connectivity index (χ1) is 6.02. The van der Waals surface area contributed by atoms with E-state index in [9.17, 15) is 9.59 Å². The molecule has 0 radical (unpaired) electrons. The molecule has 0 aliphatic carbocycles. The Balaban J connectivity index is 4.35. The van der Waals surface area contributed by atoms with Gasteiger partial charge in [0.25, 0.3) is 0 Å². The van der Waals surface area contributed by atoms with Crippen molar-refractivity contribution in [2.45, 2.75) is 33.2 Å². The van der Waals surface area contributed by atoms with Crippen LogP contribution >= 0.6 is 0 Å². The van der Waals surface area contributed by atoms with Gasteiger partial charge in [-0.05, 0) is 5.92 Å². The zero-order chi connectivity index (χ0) is 10.4. The summed E-state index contributed by atoms with van der Waals surface area (Å²) in [6.45, 7) is 5.25. The lowest BCUT2D eigenvalue weighted by atomic mass is 9.99. The van der Waals surface area contributed by atoms with Gasteiger partial charge < -0.3 is 10.1 Å². The van der Waals surface area contributed by atoms with Crippen molar-refractivity contribution in [1.29, 1.82) is 0 Å². The zero-order valence-electron chi connectivity index (χ0n) is 8.59. The summed E-state index contributed by atoms with van der Waals surface area (Å²) in [5, 5.41) is 2.57. The molecule has 0 saturated heterocycles. The molecule has 76 valence electrons. The molecule has 0 spiro atoms. The number of methoxy groups -OCH3 is 1. The molecule has 0 aromatic heterocycles. The first-order valence-corrected chi connectivity index (χ1v) is 4.37. The molecule has 0 unspecified atom stereocenters. The maximum atomic E-state index is 11.2. The number of hydrogen-bond donors (Lipinski definition) is 1. The van der Waals surface area contributed by atoms with Gasteiger partial charge in [0.2, 0.25) is 5.91 Å². The second-order valence-corrected chi connectivity index (χ2v) is 3.09. The Kier molecular flexibility index (Phi) is 5.11. The molecule has 1 N–H and O–H groups in total. The van der Waals surface area contributed by atoms with Crippen LogP contribution in [0.1, 0.15) is 27.2 Å². The predicted molar refractivity (Wildman–Crippen MR) is 49.1 cm³/mol. The second-order valence-electron chi connectivity index (χ2n) is 3.09. The third-order valence-electron chi connectivity index (χ3n) is 2.03. The van der Waals surface area contributed by atoms with E-state index in [1.807, 2.05) is 13.8 Å². The molecule has 0 aliphatic heterocycles. The van der Waals surface area contributed by atoms with E-state index in [4.69, 9.17) is 0 Å². The molecule has 0 rings (SSSR count). The summed E-state index contributed by atoms with van der Waals surface area (Å²) in [4.78, 5) is 22.0. The smallest absolute Gasteiger partial charge is 0.328 e. The van der Waals surface area contributed by atoms with Crippen LogP contribution in [0.3, 0.4) is 0 Å². The molecule has 0 aliphatic rings. The molecule has 2 atom stereocenters. The molecule has 4 heteroatoms. The molecule has 0 fully saturated rings. The van der Waals surface area contributed by atoms with Gasteiger partial charge in [-0.3, -0.25) is 4.79 Å². The summed E-state index contributed by atoms with van der Waals surface area (Å²) in [7, 11) is 1.32. The van der Waals surface area contributed by atoms with Crippen molar-refractivity contribution in [3.8, 4) is 0 Å². The SMILES string of the molecule is CC[C@H](C)[C@@H](NC(C)=O)C(=O)OC. The molecular formula is C9H17NO3. The standard InChI is InChI=1S/C9H17NO3/c1-5-6(2)8(9(12)13-4)10-7(3)11/h6,8H,5H2,1-4H3,(H,10,11)/t6-,8+/m0/s1. The Morgan fingerprint density at radius 2 is 2.00 bits per heavy atom. The Bertz CT molecular complexity index is 191. The van der Waals surface area contributed by atoms with Gasteiger partial charge in [0.05, 0.1) is 7.11 Å². The van der Waals surface area contributed by atoms with Crippen LogP contribution in [-0.2, 0) is 14.3 Å². The number of rotatable bonds is 4. The Labute approximate surface area is 78.6 Å². The molecule has 0 bridgehead atoms. The lowest BCUT2D eigenvalue weighted by Crippen LogP contribution is -2.44. The molecule has 0 saturated carbocycles. The van der Waals surface area contributed by atoms with Crippen LogP contribution < -0.4 is 5.32 Å². The van der Waals surface area contributed by atoms with Gasteiger partial charge >= 0.3 is 5.97 Å². The molecule has 0 heterocycles. The van der Waals surface area contributed by atoms with Crippen LogP contribution in [0.5, 0.6) is 0 Å². The van der Waals surface area contributed by atoms with Crippen LogP contribution in [-0.4, -0.2) is 25.0 Å². The van der Waals surface area contributed by atoms with Crippen LogP contribution in [0, 0.1) is 5.92 Å². The largest absolute Gasteiger partial charge is 0.467 e. The van der Waals surface area contributed by atoms with Gasteiger partial charge in [-0.25, -0.2) is 4.79 Å². The van der Waals surface area contributed by atoms with E-state index in [-0.39, 0.29) is 17.8 Å². The summed E-state index contributed by atoms with van der Waals surface area (Å²) in [5.41, 5.74) is 0. The number of esters is 1. The number of nitrogens with one attached hydrogen (secondary N) is 1. The van der Waals surface area contributed by atoms with Crippen molar-refractivity contribution in [2.75, 3.05) is 7.11 Å². The van der Waals surface area contributed by atoms with Gasteiger partial charge in [0.1, 0.15) is 6.04 Å². The Morgan fingerprint density at radius 3 is 2.31 bits per heavy atom. The molecule has 4 nitrogen and oxygen atoms in total. The molecule has 1 amide bonds. The van der Waals surface area contributed by atoms with Gasteiger partial charge in [-0.15, -0.1) is 0 Å². The first kappa shape index (κ1) is 11.9. The van der Waals surface area contributed by atoms with Crippen molar-refractivity contribution in [3.05, 3.63) is 0 Å². The maximum absolute atomic E-state index is 11.2. The minimum absolute atomic E-state index is 0.0938. The Hall–Kier alpha value is -1.06. The number of carbonyl (C=O) groups is 2. The lowest BCUT2D eigenvalue weighted by molar-refractivity contribution is -0.146. The fraction of sp³-hybridized carbons (Fsp3) is 0.778. The maximum Gasteiger partial charge on any atom is 0.328 e. The third kappa shape index (κ3) is 3.92. The fourth-order valence-corrected chi connectivity index (χ4v) is 1.02. The summed E-state index contributed by atoms with van der Waals surface area (Å²) in [5.74, 6) is -0.503.